The van der Waals surface area contributed by atoms with Crippen LogP contribution in [-0.2, 0) is 6.54 Å². The van der Waals surface area contributed by atoms with Gasteiger partial charge in [0.05, 0.1) is 19.2 Å². The van der Waals surface area contributed by atoms with Crippen LogP contribution in [0.4, 0.5) is 0 Å². The van der Waals surface area contributed by atoms with Crippen molar-refractivity contribution in [1.29, 1.82) is 0 Å². The first-order chi connectivity index (χ1) is 9.10. The van der Waals surface area contributed by atoms with Crippen molar-refractivity contribution >= 4 is 28.8 Å². The molecule has 0 aliphatic heterocycles. The molecule has 100 valence electrons. The highest BCUT2D eigenvalue weighted by Crippen LogP contribution is 2.22. The minimum Gasteiger partial charge on any atom is -0.496 e. The van der Waals surface area contributed by atoms with Gasteiger partial charge in [-0.15, -0.1) is 11.3 Å². The molecule has 1 amide bonds. The number of carbonyl (C=O) groups is 1. The third-order valence-corrected chi connectivity index (χ3v) is 3.67. The number of amides is 1. The van der Waals surface area contributed by atoms with E-state index in [1.165, 1.54) is 18.4 Å². The number of hydrogen-bond donors (Lipinski definition) is 1. The topological polar surface area (TPSA) is 51.2 Å². The van der Waals surface area contributed by atoms with E-state index in [1.807, 2.05) is 12.3 Å². The molecule has 0 unspecified atom stereocenters. The van der Waals surface area contributed by atoms with Crippen LogP contribution in [0.15, 0.2) is 23.6 Å². The number of methoxy groups -OCH3 is 1. The van der Waals surface area contributed by atoms with Crippen LogP contribution in [0.3, 0.4) is 0 Å². The quantitative estimate of drug-likeness (QED) is 0.943. The van der Waals surface area contributed by atoms with Crippen LogP contribution in [0.25, 0.3) is 0 Å². The van der Waals surface area contributed by atoms with E-state index in [1.54, 1.807) is 18.2 Å². The Bertz CT molecular complexity index is 598. The minimum absolute atomic E-state index is 0.229. The summed E-state index contributed by atoms with van der Waals surface area (Å²) in [6.45, 7) is 2.31. The van der Waals surface area contributed by atoms with Gasteiger partial charge < -0.3 is 10.1 Å². The van der Waals surface area contributed by atoms with E-state index in [-0.39, 0.29) is 5.91 Å². The lowest BCUT2D eigenvalue weighted by molar-refractivity contribution is 0.0948. The van der Waals surface area contributed by atoms with Gasteiger partial charge in [-0.2, -0.15) is 0 Å². The highest BCUT2D eigenvalue weighted by Gasteiger charge is 2.13. The number of carbonyl (C=O) groups excluding carboxylic acids is 1. The van der Waals surface area contributed by atoms with E-state index >= 15 is 0 Å². The number of hydrogen-bond acceptors (Lipinski definition) is 4. The van der Waals surface area contributed by atoms with Gasteiger partial charge in [-0.3, -0.25) is 4.79 Å². The zero-order valence-electron chi connectivity index (χ0n) is 10.6. The molecule has 0 fully saturated rings. The standard InChI is InChI=1S/C13H13ClN2O2S/c1-8-7-19-12(16-8)6-15-13(17)10-5-9(14)3-4-11(10)18-2/h3-5,7H,6H2,1-2H3,(H,15,17). The fourth-order valence-corrected chi connectivity index (χ4v) is 2.48. The molecule has 1 aromatic carbocycles. The van der Waals surface area contributed by atoms with E-state index in [0.717, 1.165) is 10.7 Å². The largest absolute Gasteiger partial charge is 0.496 e. The molecule has 0 atom stereocenters. The van der Waals surface area contributed by atoms with Crippen molar-refractivity contribution in [2.75, 3.05) is 7.11 Å². The summed E-state index contributed by atoms with van der Waals surface area (Å²) in [4.78, 5) is 16.4. The Hall–Kier alpha value is -1.59. The number of benzene rings is 1. The average molecular weight is 297 g/mol. The monoisotopic (exact) mass is 296 g/mol. The Morgan fingerprint density at radius 2 is 2.32 bits per heavy atom. The Morgan fingerprint density at radius 3 is 2.95 bits per heavy atom. The molecule has 1 N–H and O–H groups in total. The smallest absolute Gasteiger partial charge is 0.255 e. The third-order valence-electron chi connectivity index (χ3n) is 2.47. The maximum absolute atomic E-state index is 12.1. The van der Waals surface area contributed by atoms with E-state index in [4.69, 9.17) is 16.3 Å². The van der Waals surface area contributed by atoms with Crippen molar-refractivity contribution in [2.45, 2.75) is 13.5 Å². The molecular formula is C13H13ClN2O2S. The molecule has 19 heavy (non-hydrogen) atoms. The number of rotatable bonds is 4. The van der Waals surface area contributed by atoms with Gasteiger partial charge in [0.2, 0.25) is 0 Å². The fraction of sp³-hybridized carbons (Fsp3) is 0.231. The van der Waals surface area contributed by atoms with Crippen molar-refractivity contribution in [2.24, 2.45) is 0 Å². The highest BCUT2D eigenvalue weighted by molar-refractivity contribution is 7.09. The van der Waals surface area contributed by atoms with Crippen LogP contribution < -0.4 is 10.1 Å². The third kappa shape index (κ3) is 3.45. The number of nitrogens with zero attached hydrogens (tertiary/aromatic N) is 1. The lowest BCUT2D eigenvalue weighted by atomic mass is 10.2. The molecule has 2 aromatic rings. The van der Waals surface area contributed by atoms with Gasteiger partial charge in [-0.1, -0.05) is 11.6 Å². The molecule has 0 saturated heterocycles. The normalized spacial score (nSPS) is 10.3. The van der Waals surface area contributed by atoms with Gasteiger partial charge in [0.15, 0.2) is 0 Å². The molecule has 0 radical (unpaired) electrons. The number of nitrogens with one attached hydrogen (secondary N) is 1. The number of halogens is 1. The fourth-order valence-electron chi connectivity index (χ4n) is 1.59. The molecule has 4 nitrogen and oxygen atoms in total. The van der Waals surface area contributed by atoms with Crippen LogP contribution in [0.1, 0.15) is 21.1 Å². The molecule has 0 spiro atoms. The van der Waals surface area contributed by atoms with Crippen LogP contribution >= 0.6 is 22.9 Å². The maximum atomic E-state index is 12.1. The van der Waals surface area contributed by atoms with Crippen molar-refractivity contribution in [3.05, 3.63) is 44.9 Å². The van der Waals surface area contributed by atoms with Crippen molar-refractivity contribution in [1.82, 2.24) is 10.3 Å². The lowest BCUT2D eigenvalue weighted by Crippen LogP contribution is -2.23. The van der Waals surface area contributed by atoms with Crippen LogP contribution in [0, 0.1) is 6.92 Å². The first kappa shape index (κ1) is 13.8. The number of aryl methyl sites for hydroxylation is 1. The summed E-state index contributed by atoms with van der Waals surface area (Å²) < 4.78 is 5.15. The van der Waals surface area contributed by atoms with Gasteiger partial charge in [-0.25, -0.2) is 4.98 Å². The number of aromatic nitrogens is 1. The summed E-state index contributed by atoms with van der Waals surface area (Å²) in [6, 6.07) is 4.94. The predicted octanol–water partition coefficient (Wildman–Crippen LogP) is 3.04. The molecule has 0 saturated carbocycles. The lowest BCUT2D eigenvalue weighted by Gasteiger charge is -2.08. The minimum atomic E-state index is -0.229. The first-order valence-electron chi connectivity index (χ1n) is 5.63. The van der Waals surface area contributed by atoms with Crippen molar-refractivity contribution in [3.8, 4) is 5.75 Å². The van der Waals surface area contributed by atoms with E-state index in [9.17, 15) is 4.79 Å². The summed E-state index contributed by atoms with van der Waals surface area (Å²) in [5, 5.41) is 6.11. The van der Waals surface area contributed by atoms with Gasteiger partial charge in [0.25, 0.3) is 5.91 Å². The molecule has 1 aromatic heterocycles. The Morgan fingerprint density at radius 1 is 1.53 bits per heavy atom. The summed E-state index contributed by atoms with van der Waals surface area (Å²) in [7, 11) is 1.52. The Balaban J connectivity index is 2.09. The second kappa shape index (κ2) is 6.04. The average Bonchev–Trinajstić information content (AvgIpc) is 2.81. The van der Waals surface area contributed by atoms with Crippen molar-refractivity contribution in [3.63, 3.8) is 0 Å². The molecule has 0 aliphatic rings. The molecule has 2 rings (SSSR count). The van der Waals surface area contributed by atoms with E-state index in [2.05, 4.69) is 10.3 Å². The summed E-state index contributed by atoms with van der Waals surface area (Å²) in [5.74, 6) is 0.268. The number of thiazole rings is 1. The molecule has 0 aliphatic carbocycles. The summed E-state index contributed by atoms with van der Waals surface area (Å²) in [5.41, 5.74) is 1.37. The Kier molecular flexibility index (Phi) is 4.39. The van der Waals surface area contributed by atoms with Gasteiger partial charge in [0, 0.05) is 16.1 Å². The Labute approximate surface area is 120 Å². The first-order valence-corrected chi connectivity index (χ1v) is 6.88. The highest BCUT2D eigenvalue weighted by atomic mass is 35.5. The zero-order chi connectivity index (χ0) is 13.8. The SMILES string of the molecule is COc1ccc(Cl)cc1C(=O)NCc1nc(C)cs1. The second-order valence-electron chi connectivity index (χ2n) is 3.91. The van der Waals surface area contributed by atoms with E-state index in [0.29, 0.717) is 22.9 Å². The molecule has 1 heterocycles. The van der Waals surface area contributed by atoms with Gasteiger partial charge in [0.1, 0.15) is 10.8 Å². The predicted molar refractivity (Wildman–Crippen MR) is 76.0 cm³/mol. The van der Waals surface area contributed by atoms with Crippen LogP contribution in [-0.4, -0.2) is 18.0 Å². The van der Waals surface area contributed by atoms with Crippen LogP contribution in [0.2, 0.25) is 5.02 Å². The van der Waals surface area contributed by atoms with Gasteiger partial charge >= 0.3 is 0 Å². The van der Waals surface area contributed by atoms with Crippen LogP contribution in [0.5, 0.6) is 5.75 Å². The summed E-state index contributed by atoms with van der Waals surface area (Å²) in [6.07, 6.45) is 0. The molecule has 0 bridgehead atoms. The molecule has 6 heteroatoms. The van der Waals surface area contributed by atoms with E-state index < -0.39 is 0 Å². The van der Waals surface area contributed by atoms with Crippen molar-refractivity contribution < 1.29 is 9.53 Å². The number of ether oxygens (including phenoxy) is 1. The second-order valence-corrected chi connectivity index (χ2v) is 5.29. The zero-order valence-corrected chi connectivity index (χ0v) is 12.1. The maximum Gasteiger partial charge on any atom is 0.255 e. The van der Waals surface area contributed by atoms with Gasteiger partial charge in [-0.05, 0) is 25.1 Å². The summed E-state index contributed by atoms with van der Waals surface area (Å²) >= 11 is 7.41. The molecular weight excluding hydrogens is 284 g/mol.